The molecule has 10 heteroatoms. The summed E-state index contributed by atoms with van der Waals surface area (Å²) in [5.74, 6) is 0. The second-order valence-electron chi connectivity index (χ2n) is 4.46. The van der Waals surface area contributed by atoms with Gasteiger partial charge in [-0.15, -0.1) is 10.2 Å². The Morgan fingerprint density at radius 1 is 1.38 bits per heavy atom. The van der Waals surface area contributed by atoms with E-state index in [4.69, 9.17) is 0 Å². The number of rotatable bonds is 6. The molecule has 2 amide bonds. The van der Waals surface area contributed by atoms with Crippen LogP contribution in [0.3, 0.4) is 0 Å². The van der Waals surface area contributed by atoms with Crippen molar-refractivity contribution in [1.82, 2.24) is 19.8 Å². The third-order valence-electron chi connectivity index (χ3n) is 2.44. The van der Waals surface area contributed by atoms with E-state index in [9.17, 15) is 13.2 Å². The summed E-state index contributed by atoms with van der Waals surface area (Å²) in [4.78, 5) is 12.9. The van der Waals surface area contributed by atoms with Crippen molar-refractivity contribution in [2.24, 2.45) is 0 Å². The average Bonchev–Trinajstić information content (AvgIpc) is 2.87. The van der Waals surface area contributed by atoms with Gasteiger partial charge in [-0.1, -0.05) is 23.5 Å². The molecule has 0 fully saturated rings. The zero-order valence-corrected chi connectivity index (χ0v) is 14.1. The van der Waals surface area contributed by atoms with Crippen molar-refractivity contribution in [2.75, 3.05) is 32.1 Å². The number of nitrogens with one attached hydrogen (secondary N) is 1. The molecule has 1 heterocycles. The van der Waals surface area contributed by atoms with E-state index in [0.717, 1.165) is 15.6 Å². The summed E-state index contributed by atoms with van der Waals surface area (Å²) in [6.07, 6.45) is 0. The van der Waals surface area contributed by atoms with Crippen LogP contribution in [0, 0.1) is 0 Å². The van der Waals surface area contributed by atoms with E-state index in [1.807, 2.05) is 0 Å². The van der Waals surface area contributed by atoms with Gasteiger partial charge in [-0.25, -0.2) is 13.2 Å². The van der Waals surface area contributed by atoms with E-state index in [1.165, 1.54) is 19.0 Å². The van der Waals surface area contributed by atoms with Gasteiger partial charge in [-0.3, -0.25) is 4.90 Å². The molecule has 21 heavy (non-hydrogen) atoms. The zero-order chi connectivity index (χ0) is 16.2. The highest BCUT2D eigenvalue weighted by Crippen LogP contribution is 2.25. The summed E-state index contributed by atoms with van der Waals surface area (Å²) < 4.78 is 25.5. The maximum absolute atomic E-state index is 12.3. The van der Waals surface area contributed by atoms with Crippen LogP contribution in [0.25, 0.3) is 0 Å². The lowest BCUT2D eigenvalue weighted by molar-refractivity contribution is 0.248. The van der Waals surface area contributed by atoms with Crippen LogP contribution >= 0.6 is 11.3 Å². The minimum absolute atomic E-state index is 0.155. The van der Waals surface area contributed by atoms with Crippen LogP contribution < -0.4 is 10.2 Å². The Labute approximate surface area is 128 Å². The molecule has 0 aliphatic heterocycles. The van der Waals surface area contributed by atoms with Gasteiger partial charge in [0, 0.05) is 27.2 Å². The molecule has 8 nitrogen and oxygen atoms in total. The monoisotopic (exact) mass is 333 g/mol. The van der Waals surface area contributed by atoms with Crippen LogP contribution in [0.2, 0.25) is 0 Å². The summed E-state index contributed by atoms with van der Waals surface area (Å²) in [6.45, 7) is 7.87. The predicted octanol–water partition coefficient (Wildman–Crippen LogP) is 0.900. The summed E-state index contributed by atoms with van der Waals surface area (Å²) in [5.41, 5.74) is 0.713. The molecule has 1 aromatic heterocycles. The third kappa shape index (κ3) is 4.22. The van der Waals surface area contributed by atoms with E-state index in [1.54, 1.807) is 13.8 Å². The molecular weight excluding hydrogens is 314 g/mol. The highest BCUT2D eigenvalue weighted by Gasteiger charge is 2.27. The predicted molar refractivity (Wildman–Crippen MR) is 82.0 cm³/mol. The number of sulfonamides is 1. The molecule has 0 aliphatic carbocycles. The highest BCUT2D eigenvalue weighted by molar-refractivity contribution is 7.91. The number of carbonyl (C=O) groups is 1. The van der Waals surface area contributed by atoms with Crippen molar-refractivity contribution in [3.05, 3.63) is 12.2 Å². The van der Waals surface area contributed by atoms with Crippen molar-refractivity contribution >= 4 is 32.5 Å². The number of hydrogen-bond acceptors (Lipinski definition) is 6. The molecule has 1 rings (SSSR count). The molecule has 118 valence electrons. The number of urea groups is 1. The number of aromatic nitrogens is 2. The second kappa shape index (κ2) is 6.96. The number of hydrogen-bond donors (Lipinski definition) is 1. The molecule has 0 aliphatic rings. The Morgan fingerprint density at radius 3 is 2.52 bits per heavy atom. The molecule has 0 bridgehead atoms. The van der Waals surface area contributed by atoms with Crippen LogP contribution in [-0.2, 0) is 10.0 Å². The number of nitrogens with zero attached hydrogens (tertiary/aromatic N) is 4. The van der Waals surface area contributed by atoms with Crippen molar-refractivity contribution in [3.8, 4) is 0 Å². The van der Waals surface area contributed by atoms with Gasteiger partial charge in [0.25, 0.3) is 10.0 Å². The topological polar surface area (TPSA) is 95.5 Å². The lowest BCUT2D eigenvalue weighted by Crippen LogP contribution is -2.36. The maximum atomic E-state index is 12.3. The summed E-state index contributed by atoms with van der Waals surface area (Å²) in [5, 5.41) is 10.2. The van der Waals surface area contributed by atoms with Gasteiger partial charge < -0.3 is 5.32 Å². The standard InChI is InChI=1S/C11H19N5O3S2/c1-6-12-9(17)16(5)10-13-14-11(20-10)21(18,19)15(4)7-8(2)3/h2,6-7H2,1,3-5H3,(H,12,17). The molecule has 0 saturated heterocycles. The third-order valence-corrected chi connectivity index (χ3v) is 5.59. The SMILES string of the molecule is C=C(C)CN(C)S(=O)(=O)c1nnc(N(C)C(=O)NCC)s1. The minimum Gasteiger partial charge on any atom is -0.338 e. The van der Waals surface area contributed by atoms with E-state index in [-0.39, 0.29) is 22.0 Å². The summed E-state index contributed by atoms with van der Waals surface area (Å²) in [6, 6.07) is -0.368. The fourth-order valence-corrected chi connectivity index (χ4v) is 3.76. The van der Waals surface area contributed by atoms with Gasteiger partial charge in [-0.05, 0) is 13.8 Å². The smallest absolute Gasteiger partial charge is 0.323 e. The van der Waals surface area contributed by atoms with E-state index < -0.39 is 10.0 Å². The molecule has 0 radical (unpaired) electrons. The molecule has 1 aromatic rings. The first-order valence-electron chi connectivity index (χ1n) is 6.16. The summed E-state index contributed by atoms with van der Waals surface area (Å²) >= 11 is 0.841. The second-order valence-corrected chi connectivity index (χ2v) is 7.64. The maximum Gasteiger partial charge on any atom is 0.323 e. The van der Waals surface area contributed by atoms with Crippen molar-refractivity contribution in [1.29, 1.82) is 0 Å². The first kappa shape index (κ1) is 17.5. The number of amides is 2. The largest absolute Gasteiger partial charge is 0.338 e. The number of carbonyl (C=O) groups excluding carboxylic acids is 1. The van der Waals surface area contributed by atoms with Gasteiger partial charge in [0.05, 0.1) is 0 Å². The number of anilines is 1. The molecule has 0 aromatic carbocycles. The fraction of sp³-hybridized carbons (Fsp3) is 0.545. The quantitative estimate of drug-likeness (QED) is 0.616. The van der Waals surface area contributed by atoms with Crippen LogP contribution in [0.4, 0.5) is 9.93 Å². The fourth-order valence-electron chi connectivity index (χ4n) is 1.40. The van der Waals surface area contributed by atoms with E-state index >= 15 is 0 Å². The van der Waals surface area contributed by atoms with E-state index in [0.29, 0.717) is 12.1 Å². The number of likely N-dealkylation sites (N-methyl/N-ethyl adjacent to an activating group) is 1. The minimum atomic E-state index is -3.73. The lowest BCUT2D eigenvalue weighted by Gasteiger charge is -2.14. The van der Waals surface area contributed by atoms with Crippen LogP contribution in [0.1, 0.15) is 13.8 Å². The Balaban J connectivity index is 2.97. The molecule has 0 atom stereocenters. The van der Waals surface area contributed by atoms with Gasteiger partial charge in [0.1, 0.15) is 0 Å². The van der Waals surface area contributed by atoms with Crippen molar-refractivity contribution < 1.29 is 13.2 Å². The molecular formula is C11H19N5O3S2. The Morgan fingerprint density at radius 2 is 2.00 bits per heavy atom. The Hall–Kier alpha value is -1.52. The van der Waals surface area contributed by atoms with Crippen LogP contribution in [0.5, 0.6) is 0 Å². The first-order chi connectivity index (χ1) is 9.70. The lowest BCUT2D eigenvalue weighted by atomic mass is 10.4. The van der Waals surface area contributed by atoms with Gasteiger partial charge in [-0.2, -0.15) is 4.31 Å². The van der Waals surface area contributed by atoms with Crippen LogP contribution in [0.15, 0.2) is 16.5 Å². The Kier molecular flexibility index (Phi) is 5.81. The van der Waals surface area contributed by atoms with Gasteiger partial charge in [0.2, 0.25) is 9.47 Å². The molecule has 0 spiro atoms. The molecule has 0 unspecified atom stereocenters. The average molecular weight is 333 g/mol. The van der Waals surface area contributed by atoms with Crippen molar-refractivity contribution in [3.63, 3.8) is 0 Å². The molecule has 0 saturated carbocycles. The zero-order valence-electron chi connectivity index (χ0n) is 12.5. The normalized spacial score (nSPS) is 11.5. The van der Waals surface area contributed by atoms with Crippen molar-refractivity contribution in [2.45, 2.75) is 18.2 Å². The van der Waals surface area contributed by atoms with E-state index in [2.05, 4.69) is 22.1 Å². The van der Waals surface area contributed by atoms with Gasteiger partial charge in [0.15, 0.2) is 0 Å². The van der Waals surface area contributed by atoms with Crippen LogP contribution in [-0.4, -0.2) is 56.1 Å². The van der Waals surface area contributed by atoms with Gasteiger partial charge >= 0.3 is 6.03 Å². The highest BCUT2D eigenvalue weighted by atomic mass is 32.2. The first-order valence-corrected chi connectivity index (χ1v) is 8.41. The summed E-state index contributed by atoms with van der Waals surface area (Å²) in [7, 11) is -0.783. The molecule has 1 N–H and O–H groups in total. The Bertz CT molecular complexity index is 626.